The summed E-state index contributed by atoms with van der Waals surface area (Å²) >= 11 is 1.49. The highest BCUT2D eigenvalue weighted by molar-refractivity contribution is 7.15. The molecule has 0 aliphatic heterocycles. The molecule has 1 aromatic heterocycles. The smallest absolute Gasteiger partial charge is 0.135 e. The predicted octanol–water partition coefficient (Wildman–Crippen LogP) is 3.39. The summed E-state index contributed by atoms with van der Waals surface area (Å²) in [5.74, 6) is -0.131. The van der Waals surface area contributed by atoms with Crippen LogP contribution in [0.2, 0.25) is 0 Å². The van der Waals surface area contributed by atoms with Crippen LogP contribution in [0.3, 0.4) is 0 Å². The van der Waals surface area contributed by atoms with Gasteiger partial charge in [0.05, 0.1) is 5.69 Å². The number of carbonyl (C=O) groups is 1. The number of ketones is 1. The lowest BCUT2D eigenvalue weighted by molar-refractivity contribution is -0.116. The van der Waals surface area contributed by atoms with Gasteiger partial charge in [-0.25, -0.2) is 9.37 Å². The van der Waals surface area contributed by atoms with E-state index in [2.05, 4.69) is 4.98 Å². The van der Waals surface area contributed by atoms with E-state index >= 15 is 0 Å². The third-order valence-corrected chi connectivity index (χ3v) is 3.60. The van der Waals surface area contributed by atoms with Crippen LogP contribution in [-0.2, 0) is 11.2 Å². The molecule has 0 unspecified atom stereocenters. The molecule has 17 heavy (non-hydrogen) atoms. The molecule has 0 atom stereocenters. The standard InChI is InChI=1S/C13H12FNOS/c1-8(16)7-12-9(2)15-13(17-12)10-3-5-11(14)6-4-10/h3-6H,7H2,1-2H3. The van der Waals surface area contributed by atoms with Crippen LogP contribution in [0.15, 0.2) is 24.3 Å². The van der Waals surface area contributed by atoms with Crippen LogP contribution in [0.25, 0.3) is 10.6 Å². The molecule has 0 aliphatic carbocycles. The second kappa shape index (κ2) is 4.75. The van der Waals surface area contributed by atoms with Crippen molar-refractivity contribution in [2.45, 2.75) is 20.3 Å². The zero-order valence-corrected chi connectivity index (χ0v) is 10.5. The first kappa shape index (κ1) is 11.9. The monoisotopic (exact) mass is 249 g/mol. The normalized spacial score (nSPS) is 10.5. The minimum atomic E-state index is -0.258. The van der Waals surface area contributed by atoms with Gasteiger partial charge in [0.2, 0.25) is 0 Å². The van der Waals surface area contributed by atoms with Crippen molar-refractivity contribution in [2.24, 2.45) is 0 Å². The third kappa shape index (κ3) is 2.77. The van der Waals surface area contributed by atoms with Crippen molar-refractivity contribution in [1.82, 2.24) is 4.98 Å². The Bertz CT molecular complexity index is 545. The largest absolute Gasteiger partial charge is 0.300 e. The minimum absolute atomic E-state index is 0.127. The fourth-order valence-corrected chi connectivity index (χ4v) is 2.67. The Hall–Kier alpha value is -1.55. The molecule has 2 rings (SSSR count). The van der Waals surface area contributed by atoms with E-state index in [1.807, 2.05) is 6.92 Å². The Morgan fingerprint density at radius 3 is 2.59 bits per heavy atom. The van der Waals surface area contributed by atoms with Crippen molar-refractivity contribution < 1.29 is 9.18 Å². The first-order valence-corrected chi connectivity index (χ1v) is 6.09. The molecule has 4 heteroatoms. The molecule has 0 amide bonds. The van der Waals surface area contributed by atoms with Gasteiger partial charge >= 0.3 is 0 Å². The Kier molecular flexibility index (Phi) is 3.33. The summed E-state index contributed by atoms with van der Waals surface area (Å²) in [6.07, 6.45) is 0.421. The number of benzene rings is 1. The SMILES string of the molecule is CC(=O)Cc1sc(-c2ccc(F)cc2)nc1C. The maximum atomic E-state index is 12.8. The van der Waals surface area contributed by atoms with E-state index in [0.717, 1.165) is 21.1 Å². The second-order valence-corrected chi connectivity index (χ2v) is 5.00. The highest BCUT2D eigenvalue weighted by Gasteiger charge is 2.10. The average molecular weight is 249 g/mol. The second-order valence-electron chi connectivity index (χ2n) is 3.91. The summed E-state index contributed by atoms with van der Waals surface area (Å²) in [5, 5.41) is 0.832. The predicted molar refractivity (Wildman–Crippen MR) is 66.6 cm³/mol. The van der Waals surface area contributed by atoms with Gasteiger partial charge in [0.15, 0.2) is 0 Å². The van der Waals surface area contributed by atoms with Crippen molar-refractivity contribution in [3.05, 3.63) is 40.7 Å². The zero-order chi connectivity index (χ0) is 12.4. The van der Waals surface area contributed by atoms with Gasteiger partial charge in [-0.1, -0.05) is 0 Å². The van der Waals surface area contributed by atoms with Crippen molar-refractivity contribution in [3.63, 3.8) is 0 Å². The van der Waals surface area contributed by atoms with Crippen LogP contribution in [-0.4, -0.2) is 10.8 Å². The van der Waals surface area contributed by atoms with Crippen molar-refractivity contribution >= 4 is 17.1 Å². The van der Waals surface area contributed by atoms with E-state index in [0.29, 0.717) is 6.42 Å². The van der Waals surface area contributed by atoms with E-state index < -0.39 is 0 Å². The Morgan fingerprint density at radius 2 is 2.00 bits per heavy atom. The molecule has 0 fully saturated rings. The van der Waals surface area contributed by atoms with E-state index in [1.165, 1.54) is 23.5 Å². The highest BCUT2D eigenvalue weighted by atomic mass is 32.1. The lowest BCUT2D eigenvalue weighted by Gasteiger charge is -1.94. The van der Waals surface area contributed by atoms with Gasteiger partial charge in [0.1, 0.15) is 16.6 Å². The molecular formula is C13H12FNOS. The molecule has 0 N–H and O–H groups in total. The molecule has 1 aromatic carbocycles. The van der Waals surface area contributed by atoms with Gasteiger partial charge in [0.25, 0.3) is 0 Å². The fraction of sp³-hybridized carbons (Fsp3) is 0.231. The summed E-state index contributed by atoms with van der Waals surface area (Å²) in [5.41, 5.74) is 1.76. The number of aromatic nitrogens is 1. The molecule has 1 heterocycles. The summed E-state index contributed by atoms with van der Waals surface area (Å²) < 4.78 is 12.8. The number of thiazole rings is 1. The Balaban J connectivity index is 2.34. The first-order valence-electron chi connectivity index (χ1n) is 5.28. The molecule has 0 saturated carbocycles. The van der Waals surface area contributed by atoms with E-state index in [4.69, 9.17) is 0 Å². The molecule has 2 nitrogen and oxygen atoms in total. The maximum Gasteiger partial charge on any atom is 0.135 e. The van der Waals surface area contributed by atoms with E-state index in [-0.39, 0.29) is 11.6 Å². The molecule has 0 aliphatic rings. The molecule has 0 saturated heterocycles. The van der Waals surface area contributed by atoms with Crippen LogP contribution < -0.4 is 0 Å². The minimum Gasteiger partial charge on any atom is -0.300 e. The van der Waals surface area contributed by atoms with Crippen LogP contribution >= 0.6 is 11.3 Å². The maximum absolute atomic E-state index is 12.8. The lowest BCUT2D eigenvalue weighted by atomic mass is 10.2. The Labute approximate surface area is 103 Å². The van der Waals surface area contributed by atoms with Gasteiger partial charge in [-0.15, -0.1) is 11.3 Å². The quantitative estimate of drug-likeness (QED) is 0.834. The molecule has 0 radical (unpaired) electrons. The lowest BCUT2D eigenvalue weighted by Crippen LogP contribution is -1.94. The number of rotatable bonds is 3. The average Bonchev–Trinajstić information content (AvgIpc) is 2.60. The van der Waals surface area contributed by atoms with Crippen molar-refractivity contribution in [3.8, 4) is 10.6 Å². The number of aryl methyl sites for hydroxylation is 1. The number of nitrogens with zero attached hydrogens (tertiary/aromatic N) is 1. The van der Waals surface area contributed by atoms with Gasteiger partial charge < -0.3 is 0 Å². The zero-order valence-electron chi connectivity index (χ0n) is 9.66. The van der Waals surface area contributed by atoms with Crippen LogP contribution in [0.5, 0.6) is 0 Å². The number of halogens is 1. The molecule has 88 valence electrons. The molecular weight excluding hydrogens is 237 g/mol. The number of carbonyl (C=O) groups excluding carboxylic acids is 1. The van der Waals surface area contributed by atoms with Gasteiger partial charge in [-0.05, 0) is 38.1 Å². The summed E-state index contributed by atoms with van der Waals surface area (Å²) in [7, 11) is 0. The van der Waals surface area contributed by atoms with Crippen molar-refractivity contribution in [1.29, 1.82) is 0 Å². The topological polar surface area (TPSA) is 30.0 Å². The first-order chi connectivity index (χ1) is 8.06. The van der Waals surface area contributed by atoms with Crippen molar-refractivity contribution in [2.75, 3.05) is 0 Å². The molecule has 0 bridgehead atoms. The van der Waals surface area contributed by atoms with Crippen LogP contribution in [0, 0.1) is 12.7 Å². The van der Waals surface area contributed by atoms with Crippen LogP contribution in [0.4, 0.5) is 4.39 Å². The van der Waals surface area contributed by atoms with E-state index in [9.17, 15) is 9.18 Å². The fourth-order valence-electron chi connectivity index (χ4n) is 1.53. The molecule has 0 spiro atoms. The molecule has 2 aromatic rings. The summed E-state index contributed by atoms with van der Waals surface area (Å²) in [6, 6.07) is 6.23. The highest BCUT2D eigenvalue weighted by Crippen LogP contribution is 2.28. The number of hydrogen-bond acceptors (Lipinski definition) is 3. The Morgan fingerprint density at radius 1 is 1.35 bits per heavy atom. The van der Waals surface area contributed by atoms with Gasteiger partial charge in [-0.2, -0.15) is 0 Å². The van der Waals surface area contributed by atoms with Gasteiger partial charge in [-0.3, -0.25) is 4.79 Å². The van der Waals surface area contributed by atoms with Crippen LogP contribution in [0.1, 0.15) is 17.5 Å². The van der Waals surface area contributed by atoms with Gasteiger partial charge in [0, 0.05) is 16.9 Å². The number of hydrogen-bond donors (Lipinski definition) is 0. The number of Topliss-reactive ketones (excluding diaryl/α,β-unsaturated/α-hetero) is 1. The summed E-state index contributed by atoms with van der Waals surface area (Å²) in [4.78, 5) is 16.5. The van der Waals surface area contributed by atoms with E-state index in [1.54, 1.807) is 19.1 Å². The third-order valence-electron chi connectivity index (χ3n) is 2.39. The summed E-state index contributed by atoms with van der Waals surface area (Å²) in [6.45, 7) is 3.46.